The van der Waals surface area contributed by atoms with Crippen LogP contribution in [-0.2, 0) is 0 Å². The molecule has 0 saturated heterocycles. The first-order valence-corrected chi connectivity index (χ1v) is 7.08. The monoisotopic (exact) mass is 287 g/mol. The van der Waals surface area contributed by atoms with E-state index in [0.29, 0.717) is 11.5 Å². The number of halogens is 1. The fourth-order valence-corrected chi connectivity index (χ4v) is 2.43. The third-order valence-corrected chi connectivity index (χ3v) is 3.81. The highest BCUT2D eigenvalue weighted by atomic mass is 32.1. The van der Waals surface area contributed by atoms with Crippen molar-refractivity contribution in [2.75, 3.05) is 7.05 Å². The van der Waals surface area contributed by atoms with Gasteiger partial charge in [0.25, 0.3) is 0 Å². The summed E-state index contributed by atoms with van der Waals surface area (Å²) < 4.78 is 13.7. The molecule has 3 heteroatoms. The summed E-state index contributed by atoms with van der Waals surface area (Å²) in [5, 5.41) is 2.99. The van der Waals surface area contributed by atoms with Crippen LogP contribution in [0.2, 0.25) is 0 Å². The highest BCUT2D eigenvalue weighted by Gasteiger charge is 2.09. The van der Waals surface area contributed by atoms with Gasteiger partial charge in [0.05, 0.1) is 4.99 Å². The van der Waals surface area contributed by atoms with Gasteiger partial charge in [-0.1, -0.05) is 61.6 Å². The van der Waals surface area contributed by atoms with Crippen LogP contribution in [0.1, 0.15) is 24.8 Å². The second-order valence-corrected chi connectivity index (χ2v) is 5.37. The molecule has 2 aromatic carbocycles. The molecule has 0 radical (unpaired) electrons. The largest absolute Gasteiger partial charge is 0.383 e. The molecule has 1 nitrogen and oxygen atoms in total. The quantitative estimate of drug-likeness (QED) is 0.829. The predicted molar refractivity (Wildman–Crippen MR) is 86.5 cm³/mol. The molecule has 1 unspecified atom stereocenters. The lowest BCUT2D eigenvalue weighted by Gasteiger charge is -2.13. The highest BCUT2D eigenvalue weighted by molar-refractivity contribution is 7.80. The van der Waals surface area contributed by atoms with E-state index in [1.165, 1.54) is 11.6 Å². The Balaban J connectivity index is 2.18. The van der Waals surface area contributed by atoms with Gasteiger partial charge in [0, 0.05) is 19.0 Å². The third-order valence-electron chi connectivity index (χ3n) is 3.44. The molecule has 2 rings (SSSR count). The Morgan fingerprint density at radius 1 is 1.15 bits per heavy atom. The molecule has 0 aliphatic heterocycles. The maximum atomic E-state index is 13.7. The topological polar surface area (TPSA) is 12.0 Å². The summed E-state index contributed by atoms with van der Waals surface area (Å²) in [5.74, 6) is 0.161. The molecule has 0 spiro atoms. The molecular formula is C17H18FNS. The molecule has 0 amide bonds. The Hall–Kier alpha value is -1.74. The zero-order valence-electron chi connectivity index (χ0n) is 11.7. The van der Waals surface area contributed by atoms with Gasteiger partial charge < -0.3 is 5.32 Å². The molecule has 0 aliphatic carbocycles. The minimum atomic E-state index is -0.190. The minimum absolute atomic E-state index is 0.190. The molecule has 0 fully saturated rings. The lowest BCUT2D eigenvalue weighted by Crippen LogP contribution is -2.17. The van der Waals surface area contributed by atoms with Crippen LogP contribution < -0.4 is 5.32 Å². The summed E-state index contributed by atoms with van der Waals surface area (Å²) in [7, 11) is 1.84. The van der Waals surface area contributed by atoms with Crippen molar-refractivity contribution in [3.63, 3.8) is 0 Å². The van der Waals surface area contributed by atoms with Gasteiger partial charge >= 0.3 is 0 Å². The molecule has 104 valence electrons. The summed E-state index contributed by atoms with van der Waals surface area (Å²) in [4.78, 5) is 0.857. The van der Waals surface area contributed by atoms with E-state index in [-0.39, 0.29) is 5.82 Å². The Morgan fingerprint density at radius 3 is 2.40 bits per heavy atom. The first kappa shape index (κ1) is 14.7. The van der Waals surface area contributed by atoms with Crippen molar-refractivity contribution in [3.05, 3.63) is 59.9 Å². The molecule has 0 heterocycles. The minimum Gasteiger partial charge on any atom is -0.383 e. The van der Waals surface area contributed by atoms with E-state index in [4.69, 9.17) is 12.2 Å². The molecule has 0 saturated carbocycles. The van der Waals surface area contributed by atoms with Crippen LogP contribution >= 0.6 is 12.2 Å². The summed E-state index contributed by atoms with van der Waals surface area (Å²) in [6, 6.07) is 14.9. The van der Waals surface area contributed by atoms with Gasteiger partial charge in [-0.25, -0.2) is 4.39 Å². The Labute approximate surface area is 124 Å². The van der Waals surface area contributed by atoms with E-state index in [9.17, 15) is 4.39 Å². The standard InChI is InChI=1S/C17H18FNS/c1-12(11-17(20)19-2)13-7-9-14(10-8-13)15-5-3-4-6-16(15)18/h3-10,12H,11H2,1-2H3,(H,19,20). The van der Waals surface area contributed by atoms with E-state index in [1.807, 2.05) is 37.4 Å². The van der Waals surface area contributed by atoms with Crippen molar-refractivity contribution in [1.29, 1.82) is 0 Å². The first-order chi connectivity index (χ1) is 9.61. The average Bonchev–Trinajstić information content (AvgIpc) is 2.47. The zero-order valence-corrected chi connectivity index (χ0v) is 12.5. The molecule has 2 aromatic rings. The normalized spacial score (nSPS) is 11.9. The fourth-order valence-electron chi connectivity index (χ4n) is 2.18. The van der Waals surface area contributed by atoms with Crippen molar-refractivity contribution in [2.24, 2.45) is 0 Å². The molecule has 0 bridgehead atoms. The first-order valence-electron chi connectivity index (χ1n) is 6.67. The van der Waals surface area contributed by atoms with E-state index < -0.39 is 0 Å². The van der Waals surface area contributed by atoms with Gasteiger partial charge in [0.1, 0.15) is 5.82 Å². The predicted octanol–water partition coefficient (Wildman–Crippen LogP) is 4.53. The van der Waals surface area contributed by atoms with Gasteiger partial charge in [-0.05, 0) is 23.1 Å². The molecular weight excluding hydrogens is 269 g/mol. The van der Waals surface area contributed by atoms with Gasteiger partial charge in [-0.2, -0.15) is 0 Å². The van der Waals surface area contributed by atoms with E-state index in [1.54, 1.807) is 12.1 Å². The van der Waals surface area contributed by atoms with E-state index in [2.05, 4.69) is 12.2 Å². The van der Waals surface area contributed by atoms with Gasteiger partial charge in [-0.15, -0.1) is 0 Å². The number of rotatable bonds is 4. The van der Waals surface area contributed by atoms with Gasteiger partial charge in [0.2, 0.25) is 0 Å². The number of hydrogen-bond acceptors (Lipinski definition) is 1. The highest BCUT2D eigenvalue weighted by Crippen LogP contribution is 2.26. The number of thiocarbonyl (C=S) groups is 1. The van der Waals surface area contributed by atoms with Crippen molar-refractivity contribution >= 4 is 17.2 Å². The second kappa shape index (κ2) is 6.62. The Bertz CT molecular complexity index is 592. The SMILES string of the molecule is CNC(=S)CC(C)c1ccc(-c2ccccc2F)cc1. The van der Waals surface area contributed by atoms with Crippen LogP contribution in [-0.4, -0.2) is 12.0 Å². The number of benzene rings is 2. The fraction of sp³-hybridized carbons (Fsp3) is 0.235. The lowest BCUT2D eigenvalue weighted by atomic mass is 9.95. The van der Waals surface area contributed by atoms with Crippen molar-refractivity contribution < 1.29 is 4.39 Å². The molecule has 1 atom stereocenters. The second-order valence-electron chi connectivity index (χ2n) is 4.88. The molecule has 1 N–H and O–H groups in total. The zero-order chi connectivity index (χ0) is 14.5. The van der Waals surface area contributed by atoms with Crippen molar-refractivity contribution in [2.45, 2.75) is 19.3 Å². The van der Waals surface area contributed by atoms with Gasteiger partial charge in [0.15, 0.2) is 0 Å². The molecule has 0 aromatic heterocycles. The summed E-state index contributed by atoms with van der Waals surface area (Å²) in [5.41, 5.74) is 2.75. The van der Waals surface area contributed by atoms with E-state index >= 15 is 0 Å². The summed E-state index contributed by atoms with van der Waals surface area (Å²) >= 11 is 5.19. The summed E-state index contributed by atoms with van der Waals surface area (Å²) in [6.07, 6.45) is 0.824. The smallest absolute Gasteiger partial charge is 0.131 e. The van der Waals surface area contributed by atoms with Crippen molar-refractivity contribution in [3.8, 4) is 11.1 Å². The third kappa shape index (κ3) is 3.42. The maximum absolute atomic E-state index is 13.7. The van der Waals surface area contributed by atoms with Crippen molar-refractivity contribution in [1.82, 2.24) is 5.32 Å². The lowest BCUT2D eigenvalue weighted by molar-refractivity contribution is 0.631. The van der Waals surface area contributed by atoms with Crippen LogP contribution in [0.5, 0.6) is 0 Å². The summed E-state index contributed by atoms with van der Waals surface area (Å²) in [6.45, 7) is 2.14. The average molecular weight is 287 g/mol. The van der Waals surface area contributed by atoms with Crippen LogP contribution in [0.4, 0.5) is 4.39 Å². The Morgan fingerprint density at radius 2 is 1.80 bits per heavy atom. The maximum Gasteiger partial charge on any atom is 0.131 e. The molecule has 0 aliphatic rings. The van der Waals surface area contributed by atoms with Crippen LogP contribution in [0.25, 0.3) is 11.1 Å². The van der Waals surface area contributed by atoms with Crippen LogP contribution in [0.3, 0.4) is 0 Å². The molecule has 20 heavy (non-hydrogen) atoms. The van der Waals surface area contributed by atoms with Crippen LogP contribution in [0, 0.1) is 5.82 Å². The number of nitrogens with one attached hydrogen (secondary N) is 1. The van der Waals surface area contributed by atoms with E-state index in [0.717, 1.165) is 17.0 Å². The van der Waals surface area contributed by atoms with Gasteiger partial charge in [-0.3, -0.25) is 0 Å². The number of hydrogen-bond donors (Lipinski definition) is 1. The van der Waals surface area contributed by atoms with Crippen LogP contribution in [0.15, 0.2) is 48.5 Å². The Kier molecular flexibility index (Phi) is 4.85.